The molecule has 8 nitrogen and oxygen atoms in total. The van der Waals surface area contributed by atoms with E-state index >= 15 is 0 Å². The van der Waals surface area contributed by atoms with Crippen LogP contribution in [0.15, 0.2) is 23.1 Å². The lowest BCUT2D eigenvalue weighted by Gasteiger charge is -2.34. The van der Waals surface area contributed by atoms with Crippen LogP contribution in [0.2, 0.25) is 0 Å². The number of hydrogen-bond donors (Lipinski definition) is 1. The van der Waals surface area contributed by atoms with E-state index in [2.05, 4.69) is 9.97 Å². The van der Waals surface area contributed by atoms with Crippen LogP contribution in [0.25, 0.3) is 11.2 Å². The summed E-state index contributed by atoms with van der Waals surface area (Å²) in [6, 6.07) is 3.04. The maximum absolute atomic E-state index is 12.5. The van der Waals surface area contributed by atoms with Gasteiger partial charge in [0.15, 0.2) is 5.65 Å². The molecule has 0 aromatic carbocycles. The molecule has 3 rings (SSSR count). The van der Waals surface area contributed by atoms with Crippen molar-refractivity contribution in [3.8, 4) is 0 Å². The Bertz CT molecular complexity index is 864. The molecule has 8 heteroatoms. The lowest BCUT2D eigenvalue weighted by Crippen LogP contribution is -2.43. The van der Waals surface area contributed by atoms with Crippen molar-refractivity contribution in [1.29, 1.82) is 0 Å². The van der Waals surface area contributed by atoms with Gasteiger partial charge in [0.25, 0.3) is 5.56 Å². The Morgan fingerprint density at radius 1 is 1.31 bits per heavy atom. The van der Waals surface area contributed by atoms with Gasteiger partial charge in [-0.2, -0.15) is 0 Å². The third kappa shape index (κ3) is 3.85. The number of carbonyl (C=O) groups excluding carboxylic acids is 1. The second-order valence-corrected chi connectivity index (χ2v) is 7.47. The highest BCUT2D eigenvalue weighted by molar-refractivity contribution is 5.70. The zero-order valence-corrected chi connectivity index (χ0v) is 15.3. The standard InChI is InChI=1S/C18H24N4O4/c1-18(2,3)26-17(25)21-8-6-13(7-9-21)22-15(24)5-4-14-16(22)20-12(11-23)10-19-14/h4-5,10,13,23H,6-9,11H2,1-3H3. The van der Waals surface area contributed by atoms with Gasteiger partial charge in [-0.1, -0.05) is 0 Å². The number of aliphatic hydroxyl groups is 1. The summed E-state index contributed by atoms with van der Waals surface area (Å²) in [5.74, 6) is 0. The van der Waals surface area contributed by atoms with Crippen LogP contribution in [0.5, 0.6) is 0 Å². The van der Waals surface area contributed by atoms with Gasteiger partial charge < -0.3 is 14.7 Å². The van der Waals surface area contributed by atoms with Crippen molar-refractivity contribution >= 4 is 17.3 Å². The second-order valence-electron chi connectivity index (χ2n) is 7.47. The Morgan fingerprint density at radius 3 is 2.62 bits per heavy atom. The zero-order valence-electron chi connectivity index (χ0n) is 15.3. The molecule has 1 aliphatic heterocycles. The number of rotatable bonds is 2. The molecule has 0 spiro atoms. The molecule has 0 bridgehead atoms. The van der Waals surface area contributed by atoms with E-state index in [0.29, 0.717) is 42.8 Å². The molecule has 1 amide bonds. The normalized spacial score (nSPS) is 16.1. The van der Waals surface area contributed by atoms with Crippen molar-refractivity contribution in [2.24, 2.45) is 0 Å². The zero-order chi connectivity index (χ0) is 18.9. The van der Waals surface area contributed by atoms with Crippen molar-refractivity contribution in [3.05, 3.63) is 34.4 Å². The molecule has 1 saturated heterocycles. The molecule has 0 aliphatic carbocycles. The molecule has 0 radical (unpaired) electrons. The molecule has 0 saturated carbocycles. The number of piperidine rings is 1. The molecule has 2 aromatic rings. The second kappa shape index (κ2) is 7.03. The summed E-state index contributed by atoms with van der Waals surface area (Å²) in [4.78, 5) is 35.0. The quantitative estimate of drug-likeness (QED) is 0.878. The Kier molecular flexibility index (Phi) is 4.95. The molecular weight excluding hydrogens is 336 g/mol. The fourth-order valence-electron chi connectivity index (χ4n) is 3.12. The highest BCUT2D eigenvalue weighted by atomic mass is 16.6. The van der Waals surface area contributed by atoms with Crippen LogP contribution in [0.4, 0.5) is 4.79 Å². The summed E-state index contributed by atoms with van der Waals surface area (Å²) in [5.41, 5.74) is 0.813. The van der Waals surface area contributed by atoms with Gasteiger partial charge in [0.05, 0.1) is 18.5 Å². The minimum Gasteiger partial charge on any atom is -0.444 e. The van der Waals surface area contributed by atoms with Crippen molar-refractivity contribution in [2.45, 2.75) is 51.9 Å². The summed E-state index contributed by atoms with van der Waals surface area (Å²) in [6.07, 6.45) is 2.43. The van der Waals surface area contributed by atoms with Gasteiger partial charge in [0.1, 0.15) is 11.1 Å². The number of fused-ring (bicyclic) bond motifs is 1. The van der Waals surface area contributed by atoms with Gasteiger partial charge in [-0.25, -0.2) is 9.78 Å². The average Bonchev–Trinajstić information content (AvgIpc) is 2.60. The maximum Gasteiger partial charge on any atom is 0.410 e. The highest BCUT2D eigenvalue weighted by Gasteiger charge is 2.28. The first-order valence-electron chi connectivity index (χ1n) is 8.74. The monoisotopic (exact) mass is 360 g/mol. The first-order chi connectivity index (χ1) is 12.3. The third-order valence-electron chi connectivity index (χ3n) is 4.32. The largest absolute Gasteiger partial charge is 0.444 e. The molecule has 140 valence electrons. The molecular formula is C18H24N4O4. The number of aromatic nitrogens is 3. The van der Waals surface area contributed by atoms with E-state index in [1.54, 1.807) is 15.5 Å². The van der Waals surface area contributed by atoms with E-state index in [1.807, 2.05) is 20.8 Å². The van der Waals surface area contributed by atoms with Crippen molar-refractivity contribution in [1.82, 2.24) is 19.4 Å². The van der Waals surface area contributed by atoms with Crippen LogP contribution >= 0.6 is 0 Å². The molecule has 0 atom stereocenters. The fourth-order valence-corrected chi connectivity index (χ4v) is 3.12. The highest BCUT2D eigenvalue weighted by Crippen LogP contribution is 2.25. The predicted molar refractivity (Wildman–Crippen MR) is 95.8 cm³/mol. The van der Waals surface area contributed by atoms with Gasteiger partial charge >= 0.3 is 6.09 Å². The van der Waals surface area contributed by atoms with E-state index in [4.69, 9.17) is 4.74 Å². The van der Waals surface area contributed by atoms with Gasteiger partial charge in [-0.3, -0.25) is 14.3 Å². The number of pyridine rings is 1. The number of aliphatic hydroxyl groups excluding tert-OH is 1. The van der Waals surface area contributed by atoms with Crippen molar-refractivity contribution < 1.29 is 14.6 Å². The summed E-state index contributed by atoms with van der Waals surface area (Å²) >= 11 is 0. The number of ether oxygens (including phenoxy) is 1. The third-order valence-corrected chi connectivity index (χ3v) is 4.32. The number of likely N-dealkylation sites (tertiary alicyclic amines) is 1. The Morgan fingerprint density at radius 2 is 2.00 bits per heavy atom. The number of amides is 1. The first kappa shape index (κ1) is 18.3. The van der Waals surface area contributed by atoms with Crippen LogP contribution in [0.1, 0.15) is 45.3 Å². The van der Waals surface area contributed by atoms with Gasteiger partial charge in [0, 0.05) is 25.2 Å². The molecule has 1 N–H and O–H groups in total. The van der Waals surface area contributed by atoms with Crippen molar-refractivity contribution in [3.63, 3.8) is 0 Å². The topological polar surface area (TPSA) is 97.6 Å². The average molecular weight is 360 g/mol. The van der Waals surface area contributed by atoms with Crippen LogP contribution in [0, 0.1) is 0 Å². The summed E-state index contributed by atoms with van der Waals surface area (Å²) in [5, 5.41) is 9.31. The summed E-state index contributed by atoms with van der Waals surface area (Å²) in [7, 11) is 0. The van der Waals surface area contributed by atoms with Gasteiger partial charge in [-0.15, -0.1) is 0 Å². The van der Waals surface area contributed by atoms with E-state index < -0.39 is 5.60 Å². The van der Waals surface area contributed by atoms with Crippen LogP contribution in [0.3, 0.4) is 0 Å². The number of nitrogens with zero attached hydrogens (tertiary/aromatic N) is 4. The number of carbonyl (C=O) groups is 1. The van der Waals surface area contributed by atoms with Crippen molar-refractivity contribution in [2.75, 3.05) is 13.1 Å². The van der Waals surface area contributed by atoms with Crippen LogP contribution in [-0.2, 0) is 11.3 Å². The minimum atomic E-state index is -0.531. The smallest absolute Gasteiger partial charge is 0.410 e. The SMILES string of the molecule is CC(C)(C)OC(=O)N1CCC(n2c(=O)ccc3ncc(CO)nc32)CC1. The minimum absolute atomic E-state index is 0.0758. The van der Waals surface area contributed by atoms with Crippen LogP contribution in [-0.4, -0.2) is 49.3 Å². The van der Waals surface area contributed by atoms with E-state index in [0.717, 1.165) is 0 Å². The maximum atomic E-state index is 12.5. The Hall–Kier alpha value is -2.48. The summed E-state index contributed by atoms with van der Waals surface area (Å²) in [6.45, 7) is 6.30. The lowest BCUT2D eigenvalue weighted by molar-refractivity contribution is 0.0188. The predicted octanol–water partition coefficient (Wildman–Crippen LogP) is 1.86. The fraction of sp³-hybridized carbons (Fsp3) is 0.556. The van der Waals surface area contributed by atoms with E-state index in [9.17, 15) is 14.7 Å². The summed E-state index contributed by atoms with van der Waals surface area (Å²) < 4.78 is 7.04. The van der Waals surface area contributed by atoms with E-state index in [-0.39, 0.29) is 24.3 Å². The number of hydrogen-bond acceptors (Lipinski definition) is 6. The Labute approximate surface area is 151 Å². The molecule has 2 aromatic heterocycles. The van der Waals surface area contributed by atoms with Crippen LogP contribution < -0.4 is 5.56 Å². The molecule has 1 aliphatic rings. The lowest BCUT2D eigenvalue weighted by atomic mass is 10.0. The molecule has 3 heterocycles. The van der Waals surface area contributed by atoms with Gasteiger partial charge in [-0.05, 0) is 39.7 Å². The molecule has 1 fully saturated rings. The van der Waals surface area contributed by atoms with Gasteiger partial charge in [0.2, 0.25) is 0 Å². The molecule has 0 unspecified atom stereocenters. The first-order valence-corrected chi connectivity index (χ1v) is 8.74. The Balaban J connectivity index is 1.82. The van der Waals surface area contributed by atoms with E-state index in [1.165, 1.54) is 12.3 Å². The molecule has 26 heavy (non-hydrogen) atoms.